The summed E-state index contributed by atoms with van der Waals surface area (Å²) in [5.41, 5.74) is 2.95. The molecule has 0 heterocycles. The van der Waals surface area contributed by atoms with Gasteiger partial charge in [-0.05, 0) is 54.7 Å². The van der Waals surface area contributed by atoms with Crippen LogP contribution in [-0.2, 0) is 12.8 Å². The van der Waals surface area contributed by atoms with Gasteiger partial charge in [0.05, 0.1) is 0 Å². The third-order valence-electron chi connectivity index (χ3n) is 5.72. The summed E-state index contributed by atoms with van der Waals surface area (Å²) in [6, 6.07) is 3.02. The number of allylic oxidation sites excluding steroid dienone is 2. The minimum Gasteiger partial charge on any atom is -0.204 e. The largest absolute Gasteiger partial charge is 0.204 e. The number of halogens is 2. The summed E-state index contributed by atoms with van der Waals surface area (Å²) in [7, 11) is 0. The number of hydrogen-bond donors (Lipinski definition) is 0. The summed E-state index contributed by atoms with van der Waals surface area (Å²) in [6.45, 7) is 2.30. The van der Waals surface area contributed by atoms with Crippen molar-refractivity contribution < 1.29 is 8.78 Å². The monoisotopic (exact) mass is 304 g/mol. The van der Waals surface area contributed by atoms with Gasteiger partial charge in [0.15, 0.2) is 11.6 Å². The number of fused-ring (bicyclic) bond motifs is 1. The van der Waals surface area contributed by atoms with Gasteiger partial charge in [-0.1, -0.05) is 56.7 Å². The van der Waals surface area contributed by atoms with Gasteiger partial charge >= 0.3 is 0 Å². The molecule has 3 rings (SSSR count). The summed E-state index contributed by atoms with van der Waals surface area (Å²) in [4.78, 5) is 0. The van der Waals surface area contributed by atoms with Crippen LogP contribution in [-0.4, -0.2) is 0 Å². The highest BCUT2D eigenvalue weighted by molar-refractivity contribution is 5.38. The number of benzene rings is 1. The molecular formula is C20H26F2. The lowest BCUT2D eigenvalue weighted by Gasteiger charge is -2.28. The van der Waals surface area contributed by atoms with E-state index in [9.17, 15) is 8.78 Å². The lowest BCUT2D eigenvalue weighted by Crippen LogP contribution is -2.14. The van der Waals surface area contributed by atoms with Gasteiger partial charge in [-0.25, -0.2) is 8.78 Å². The Bertz CT molecular complexity index is 551. The maximum atomic E-state index is 13.8. The Morgan fingerprint density at radius 1 is 1.05 bits per heavy atom. The molecule has 0 bridgehead atoms. The van der Waals surface area contributed by atoms with E-state index in [4.69, 9.17) is 0 Å². The molecule has 0 aliphatic heterocycles. The molecule has 0 nitrogen and oxygen atoms in total. The molecule has 120 valence electrons. The fourth-order valence-electron chi connectivity index (χ4n) is 4.09. The van der Waals surface area contributed by atoms with Gasteiger partial charge in [-0.2, -0.15) is 0 Å². The van der Waals surface area contributed by atoms with Gasteiger partial charge < -0.3 is 0 Å². The molecule has 0 radical (unpaired) electrons. The fraction of sp³-hybridized carbons (Fsp3) is 0.600. The van der Waals surface area contributed by atoms with E-state index >= 15 is 0 Å². The van der Waals surface area contributed by atoms with E-state index in [0.717, 1.165) is 30.2 Å². The van der Waals surface area contributed by atoms with Crippen molar-refractivity contribution in [3.8, 4) is 0 Å². The predicted octanol–water partition coefficient (Wildman–Crippen LogP) is 5.99. The second-order valence-corrected chi connectivity index (χ2v) is 7.08. The van der Waals surface area contributed by atoms with E-state index in [1.807, 2.05) is 0 Å². The van der Waals surface area contributed by atoms with Crippen LogP contribution in [0.1, 0.15) is 63.0 Å². The minimum absolute atomic E-state index is 0.552. The van der Waals surface area contributed by atoms with Crippen molar-refractivity contribution in [2.45, 2.75) is 64.7 Å². The SMILES string of the molecule is CCC1CCC(CCC2=CCc3c(ccc(F)c3F)C2)CC1. The van der Waals surface area contributed by atoms with Crippen LogP contribution >= 0.6 is 0 Å². The third-order valence-corrected chi connectivity index (χ3v) is 5.72. The highest BCUT2D eigenvalue weighted by Gasteiger charge is 2.21. The summed E-state index contributed by atoms with van der Waals surface area (Å²) in [6.07, 6.45) is 12.7. The molecule has 22 heavy (non-hydrogen) atoms. The molecule has 0 saturated heterocycles. The molecule has 1 saturated carbocycles. The Morgan fingerprint density at radius 2 is 1.77 bits per heavy atom. The van der Waals surface area contributed by atoms with Crippen molar-refractivity contribution in [1.82, 2.24) is 0 Å². The first-order valence-corrected chi connectivity index (χ1v) is 8.81. The molecule has 1 aromatic rings. The Kier molecular flexibility index (Phi) is 4.95. The highest BCUT2D eigenvalue weighted by atomic mass is 19.2. The van der Waals surface area contributed by atoms with E-state index in [-0.39, 0.29) is 0 Å². The zero-order valence-corrected chi connectivity index (χ0v) is 13.5. The lowest BCUT2D eigenvalue weighted by molar-refractivity contribution is 0.258. The Labute approximate surface area is 132 Å². The molecule has 0 N–H and O–H groups in total. The average Bonchev–Trinajstić information content (AvgIpc) is 2.57. The Hall–Kier alpha value is -1.18. The van der Waals surface area contributed by atoms with E-state index in [1.165, 1.54) is 50.2 Å². The molecule has 0 atom stereocenters. The third kappa shape index (κ3) is 3.42. The van der Waals surface area contributed by atoms with Crippen LogP contribution in [0.3, 0.4) is 0 Å². The van der Waals surface area contributed by atoms with Crippen LogP contribution in [0.4, 0.5) is 8.78 Å². The number of hydrogen-bond acceptors (Lipinski definition) is 0. The minimum atomic E-state index is -0.719. The van der Waals surface area contributed by atoms with E-state index < -0.39 is 11.6 Å². The van der Waals surface area contributed by atoms with Crippen LogP contribution in [0.2, 0.25) is 0 Å². The van der Waals surface area contributed by atoms with E-state index in [1.54, 1.807) is 6.07 Å². The van der Waals surface area contributed by atoms with Crippen LogP contribution in [0, 0.1) is 23.5 Å². The van der Waals surface area contributed by atoms with Crippen LogP contribution < -0.4 is 0 Å². The van der Waals surface area contributed by atoms with Crippen molar-refractivity contribution in [3.63, 3.8) is 0 Å². The zero-order chi connectivity index (χ0) is 15.5. The predicted molar refractivity (Wildman–Crippen MR) is 86.8 cm³/mol. The standard InChI is InChI=1S/C20H26F2/c1-2-14-3-5-15(6-4-14)7-8-16-9-11-18-17(13-16)10-12-19(21)20(18)22/h9-10,12,14-15H,2-8,11,13H2,1H3. The topological polar surface area (TPSA) is 0 Å². The van der Waals surface area contributed by atoms with Crippen molar-refractivity contribution in [2.75, 3.05) is 0 Å². The Balaban J connectivity index is 1.53. The molecular weight excluding hydrogens is 278 g/mol. The maximum absolute atomic E-state index is 13.8. The van der Waals surface area contributed by atoms with E-state index in [2.05, 4.69) is 13.0 Å². The molecule has 0 aromatic heterocycles. The first kappa shape index (κ1) is 15.7. The molecule has 2 aliphatic carbocycles. The highest BCUT2D eigenvalue weighted by Crippen LogP contribution is 2.35. The van der Waals surface area contributed by atoms with Crippen molar-refractivity contribution >= 4 is 0 Å². The van der Waals surface area contributed by atoms with Gasteiger partial charge in [0.2, 0.25) is 0 Å². The second kappa shape index (κ2) is 6.93. The molecule has 0 amide bonds. The quantitative estimate of drug-likeness (QED) is 0.600. The average molecular weight is 304 g/mol. The summed E-state index contributed by atoms with van der Waals surface area (Å²) >= 11 is 0. The van der Waals surface area contributed by atoms with Gasteiger partial charge in [-0.3, -0.25) is 0 Å². The Morgan fingerprint density at radius 3 is 2.50 bits per heavy atom. The smallest absolute Gasteiger partial charge is 0.162 e. The molecule has 1 aromatic carbocycles. The van der Waals surface area contributed by atoms with Crippen molar-refractivity contribution in [2.24, 2.45) is 11.8 Å². The molecule has 0 unspecified atom stereocenters. The van der Waals surface area contributed by atoms with Crippen LogP contribution in [0.25, 0.3) is 0 Å². The molecule has 0 spiro atoms. The summed E-state index contributed by atoms with van der Waals surface area (Å²) in [5.74, 6) is 0.457. The van der Waals surface area contributed by atoms with Gasteiger partial charge in [0.1, 0.15) is 0 Å². The zero-order valence-electron chi connectivity index (χ0n) is 13.5. The van der Waals surface area contributed by atoms with Gasteiger partial charge in [0.25, 0.3) is 0 Å². The first-order valence-electron chi connectivity index (χ1n) is 8.81. The van der Waals surface area contributed by atoms with Crippen LogP contribution in [0.15, 0.2) is 23.8 Å². The van der Waals surface area contributed by atoms with E-state index in [0.29, 0.717) is 12.0 Å². The number of rotatable bonds is 4. The van der Waals surface area contributed by atoms with Gasteiger partial charge in [-0.15, -0.1) is 0 Å². The maximum Gasteiger partial charge on any atom is 0.162 e. The van der Waals surface area contributed by atoms with Crippen molar-refractivity contribution in [3.05, 3.63) is 46.5 Å². The summed E-state index contributed by atoms with van der Waals surface area (Å²) in [5, 5.41) is 0. The van der Waals surface area contributed by atoms with Crippen LogP contribution in [0.5, 0.6) is 0 Å². The fourth-order valence-corrected chi connectivity index (χ4v) is 4.09. The lowest BCUT2D eigenvalue weighted by atomic mass is 9.78. The second-order valence-electron chi connectivity index (χ2n) is 7.08. The molecule has 2 heteroatoms. The molecule has 2 aliphatic rings. The first-order chi connectivity index (χ1) is 10.7. The van der Waals surface area contributed by atoms with Crippen molar-refractivity contribution in [1.29, 1.82) is 0 Å². The molecule has 1 fully saturated rings. The van der Waals surface area contributed by atoms with Gasteiger partial charge in [0, 0.05) is 0 Å². The summed E-state index contributed by atoms with van der Waals surface area (Å²) < 4.78 is 27.0. The normalized spacial score (nSPS) is 24.8.